The first-order valence-corrected chi connectivity index (χ1v) is 9.71. The summed E-state index contributed by atoms with van der Waals surface area (Å²) in [6, 6.07) is 4.47. The van der Waals surface area contributed by atoms with Crippen molar-refractivity contribution < 1.29 is 31.1 Å². The summed E-state index contributed by atoms with van der Waals surface area (Å²) in [5, 5.41) is 2.53. The van der Waals surface area contributed by atoms with Crippen molar-refractivity contribution in [3.05, 3.63) is 64.7 Å². The molecule has 0 unspecified atom stereocenters. The van der Waals surface area contributed by atoms with Gasteiger partial charge in [0.25, 0.3) is 0 Å². The minimum absolute atomic E-state index is 0.0142. The molecule has 1 saturated heterocycles. The highest BCUT2D eigenvalue weighted by molar-refractivity contribution is 7.80. The molecular weight excluding hydrogens is 442 g/mol. The zero-order valence-electron chi connectivity index (χ0n) is 16.9. The van der Waals surface area contributed by atoms with E-state index >= 15 is 8.78 Å². The molecule has 1 N–H and O–H groups in total. The molecule has 0 aliphatic carbocycles. The van der Waals surface area contributed by atoms with Gasteiger partial charge in [0.05, 0.1) is 12.2 Å². The smallest absolute Gasteiger partial charge is 0.363 e. The lowest BCUT2D eigenvalue weighted by Crippen LogP contribution is -2.62. The van der Waals surface area contributed by atoms with Crippen LogP contribution in [-0.2, 0) is 22.9 Å². The SMILES string of the molecule is CC1(C)OCC(=S)N[C@](C)(c2cc(Cc3cncc(C(F)(F)F)c3)ccc2F)C1(F)F. The lowest BCUT2D eigenvalue weighted by Gasteiger charge is -2.44. The maximum absolute atomic E-state index is 15.5. The van der Waals surface area contributed by atoms with E-state index in [2.05, 4.69) is 10.3 Å². The van der Waals surface area contributed by atoms with Gasteiger partial charge in [0, 0.05) is 18.0 Å². The molecule has 3 nitrogen and oxygen atoms in total. The molecule has 10 heteroatoms. The van der Waals surface area contributed by atoms with Crippen molar-refractivity contribution in [2.24, 2.45) is 0 Å². The summed E-state index contributed by atoms with van der Waals surface area (Å²) in [6.07, 6.45) is -2.70. The zero-order valence-corrected chi connectivity index (χ0v) is 17.7. The van der Waals surface area contributed by atoms with Crippen LogP contribution in [0, 0.1) is 5.82 Å². The summed E-state index contributed by atoms with van der Waals surface area (Å²) in [7, 11) is 0. The molecule has 1 aliphatic rings. The molecular formula is C21H20F6N2OS. The maximum Gasteiger partial charge on any atom is 0.417 e. The second kappa shape index (κ2) is 7.74. The first kappa shape index (κ1) is 23.5. The van der Waals surface area contributed by atoms with E-state index in [1.54, 1.807) is 0 Å². The number of rotatable bonds is 3. The van der Waals surface area contributed by atoms with Crippen LogP contribution >= 0.6 is 12.2 Å². The van der Waals surface area contributed by atoms with Gasteiger partial charge in [0.1, 0.15) is 21.9 Å². The van der Waals surface area contributed by atoms with E-state index < -0.39 is 34.6 Å². The monoisotopic (exact) mass is 462 g/mol. The number of pyridine rings is 1. The van der Waals surface area contributed by atoms with Crippen molar-refractivity contribution in [3.8, 4) is 0 Å². The third-order valence-electron chi connectivity index (χ3n) is 5.44. The van der Waals surface area contributed by atoms with Crippen molar-refractivity contribution in [2.75, 3.05) is 6.61 Å². The number of thiocarbonyl (C=S) groups is 1. The molecule has 0 saturated carbocycles. The molecule has 1 fully saturated rings. The van der Waals surface area contributed by atoms with Gasteiger partial charge in [-0.25, -0.2) is 13.2 Å². The Hall–Kier alpha value is -2.20. The van der Waals surface area contributed by atoms with Gasteiger partial charge in [-0.05, 0) is 56.5 Å². The van der Waals surface area contributed by atoms with Crippen LogP contribution in [0.15, 0.2) is 36.7 Å². The Morgan fingerprint density at radius 3 is 2.42 bits per heavy atom. The second-order valence-corrected chi connectivity index (χ2v) is 8.61. The topological polar surface area (TPSA) is 34.1 Å². The summed E-state index contributed by atoms with van der Waals surface area (Å²) in [5.74, 6) is -4.50. The highest BCUT2D eigenvalue weighted by atomic mass is 32.1. The third kappa shape index (κ3) is 4.27. The van der Waals surface area contributed by atoms with Crippen LogP contribution in [0.2, 0.25) is 0 Å². The lowest BCUT2D eigenvalue weighted by molar-refractivity contribution is -0.216. The van der Waals surface area contributed by atoms with Crippen molar-refractivity contribution in [1.29, 1.82) is 0 Å². The fourth-order valence-corrected chi connectivity index (χ4v) is 3.87. The first-order chi connectivity index (χ1) is 14.2. The largest absolute Gasteiger partial charge is 0.417 e. The normalized spacial score (nSPS) is 23.2. The predicted octanol–water partition coefficient (Wildman–Crippen LogP) is 5.41. The van der Waals surface area contributed by atoms with Crippen LogP contribution in [0.3, 0.4) is 0 Å². The minimum Gasteiger partial charge on any atom is -0.363 e. The lowest BCUT2D eigenvalue weighted by atomic mass is 9.77. The highest BCUT2D eigenvalue weighted by Crippen LogP contribution is 2.48. The Bertz CT molecular complexity index is 1010. The Morgan fingerprint density at radius 2 is 1.77 bits per heavy atom. The van der Waals surface area contributed by atoms with Crippen molar-refractivity contribution >= 4 is 17.2 Å². The van der Waals surface area contributed by atoms with E-state index in [4.69, 9.17) is 17.0 Å². The number of nitrogens with one attached hydrogen (secondary N) is 1. The van der Waals surface area contributed by atoms with E-state index in [1.807, 2.05) is 0 Å². The van der Waals surface area contributed by atoms with Gasteiger partial charge in [-0.15, -0.1) is 0 Å². The summed E-state index contributed by atoms with van der Waals surface area (Å²) < 4.78 is 89.9. The summed E-state index contributed by atoms with van der Waals surface area (Å²) >= 11 is 5.07. The maximum atomic E-state index is 15.5. The number of benzene rings is 1. The molecule has 0 radical (unpaired) electrons. The van der Waals surface area contributed by atoms with E-state index in [1.165, 1.54) is 32.2 Å². The molecule has 0 bridgehead atoms. The van der Waals surface area contributed by atoms with Gasteiger partial charge in [-0.3, -0.25) is 4.98 Å². The van der Waals surface area contributed by atoms with Gasteiger partial charge >= 0.3 is 12.1 Å². The molecule has 1 aromatic heterocycles. The Kier molecular flexibility index (Phi) is 5.86. The molecule has 0 amide bonds. The number of halogens is 6. The number of nitrogens with zero attached hydrogens (tertiary/aromatic N) is 1. The molecule has 2 aromatic rings. The number of alkyl halides is 5. The van der Waals surface area contributed by atoms with Crippen molar-refractivity contribution in [1.82, 2.24) is 10.3 Å². The molecule has 2 heterocycles. The van der Waals surface area contributed by atoms with Crippen LogP contribution in [0.5, 0.6) is 0 Å². The Balaban J connectivity index is 2.05. The molecule has 1 atom stereocenters. The van der Waals surface area contributed by atoms with Crippen LogP contribution in [0.25, 0.3) is 0 Å². The van der Waals surface area contributed by atoms with Gasteiger partial charge in [-0.2, -0.15) is 13.2 Å². The van der Waals surface area contributed by atoms with Crippen LogP contribution in [-0.4, -0.2) is 28.1 Å². The predicted molar refractivity (Wildman–Crippen MR) is 107 cm³/mol. The van der Waals surface area contributed by atoms with Gasteiger partial charge < -0.3 is 10.1 Å². The number of aromatic nitrogens is 1. The van der Waals surface area contributed by atoms with E-state index in [0.717, 1.165) is 19.1 Å². The van der Waals surface area contributed by atoms with Gasteiger partial charge in [-0.1, -0.05) is 18.3 Å². The van der Waals surface area contributed by atoms with E-state index in [9.17, 15) is 17.6 Å². The third-order valence-corrected chi connectivity index (χ3v) is 5.66. The molecule has 1 aliphatic heterocycles. The van der Waals surface area contributed by atoms with E-state index in [0.29, 0.717) is 11.8 Å². The highest BCUT2D eigenvalue weighted by Gasteiger charge is 2.64. The van der Waals surface area contributed by atoms with Gasteiger partial charge in [0.2, 0.25) is 0 Å². The molecule has 31 heavy (non-hydrogen) atoms. The number of hydrogen-bond acceptors (Lipinski definition) is 3. The quantitative estimate of drug-likeness (QED) is 0.489. The van der Waals surface area contributed by atoms with Crippen LogP contribution < -0.4 is 5.32 Å². The Labute approximate surface area is 180 Å². The molecule has 1 aromatic carbocycles. The average Bonchev–Trinajstić information content (AvgIpc) is 2.72. The zero-order chi connectivity index (χ0) is 23.2. The summed E-state index contributed by atoms with van der Waals surface area (Å²) in [4.78, 5) is 3.58. The number of hydrogen-bond donors (Lipinski definition) is 1. The summed E-state index contributed by atoms with van der Waals surface area (Å²) in [5.41, 5.74) is -4.97. The van der Waals surface area contributed by atoms with Crippen LogP contribution in [0.4, 0.5) is 26.3 Å². The van der Waals surface area contributed by atoms with Gasteiger partial charge in [0.15, 0.2) is 0 Å². The van der Waals surface area contributed by atoms with Crippen molar-refractivity contribution in [3.63, 3.8) is 0 Å². The summed E-state index contributed by atoms with van der Waals surface area (Å²) in [6.45, 7) is 3.25. The fraction of sp³-hybridized carbons (Fsp3) is 0.429. The standard InChI is InChI=1S/C21H20F6N2OS/c1-18(2)21(26,27)19(3,29-17(31)11-30-18)15-8-12(4-5-16(15)22)6-13-7-14(10-28-9-13)20(23,24)25/h4-5,7-10H,6,11H2,1-3H3,(H,29,31)/t19-/m1/s1. The first-order valence-electron chi connectivity index (χ1n) is 9.30. The number of ether oxygens (including phenoxy) is 1. The van der Waals surface area contributed by atoms with Crippen molar-refractivity contribution in [2.45, 2.75) is 50.4 Å². The second-order valence-electron chi connectivity index (χ2n) is 8.12. The molecule has 168 valence electrons. The molecule has 3 rings (SSSR count). The average molecular weight is 462 g/mol. The molecule has 0 spiro atoms. The Morgan fingerprint density at radius 1 is 1.10 bits per heavy atom. The fourth-order valence-electron chi connectivity index (χ4n) is 3.61. The minimum atomic E-state index is -4.57. The van der Waals surface area contributed by atoms with Crippen LogP contribution in [0.1, 0.15) is 43.0 Å². The van der Waals surface area contributed by atoms with E-state index in [-0.39, 0.29) is 29.1 Å².